The molecule has 11 aromatic rings. The Morgan fingerprint density at radius 1 is 0.182 bits per heavy atom. The Balaban J connectivity index is -0.000000147. The molecular formula is C96H96N9O11Y5-5. The van der Waals surface area contributed by atoms with Gasteiger partial charge < -0.3 is 89.2 Å². The van der Waals surface area contributed by atoms with Crippen molar-refractivity contribution in [2.75, 3.05) is 42.7 Å². The summed E-state index contributed by atoms with van der Waals surface area (Å²) in [7, 11) is 7.92. The first kappa shape index (κ1) is 131. The minimum atomic E-state index is 0. The summed E-state index contributed by atoms with van der Waals surface area (Å²) in [5, 5.41) is 69.3. The summed E-state index contributed by atoms with van der Waals surface area (Å²) in [5.41, 5.74) is 15.5. The zero-order chi connectivity index (χ0) is 81.3. The molecule has 0 fully saturated rings. The summed E-state index contributed by atoms with van der Waals surface area (Å²) in [4.78, 5) is 0. The molecule has 0 aliphatic carbocycles. The smallest absolute Gasteiger partial charge is 0.292 e. The normalized spacial score (nSPS) is 7.69. The van der Waals surface area contributed by atoms with Gasteiger partial charge in [0.15, 0.2) is 0 Å². The summed E-state index contributed by atoms with van der Waals surface area (Å²) in [5.74, 6) is 2.99. The first-order valence-electron chi connectivity index (χ1n) is 33.0. The number of nitriles is 9. The Hall–Kier alpha value is -10.7. The Bertz CT molecular complexity index is 4170. The molecule has 20 nitrogen and oxygen atoms in total. The van der Waals surface area contributed by atoms with Gasteiger partial charge in [-0.05, 0) is 166 Å². The monoisotopic (exact) mass is 2000 g/mol. The first-order chi connectivity index (χ1) is 54.3. The zero-order valence-corrected chi connectivity index (χ0v) is 84.3. The van der Waals surface area contributed by atoms with E-state index in [9.17, 15) is 0 Å². The SMILES string of the molecule is C#COc1ccc(Cc2ccc(OC#N)cc2)cc1.C#COc1ccc(Cc2ccc(OC#N)cc2)cc1.COC#N.COC#N.COC#N.COC#N.COC#N.COC#N.N#COc1ccccc1.[CH3-].[CH3-].[CH3-].[CH3-].[CH3-].[Y].[Y].[Y].[Y].[Y].c1ccc(Cc2ccc(Cc3ccccc3)cc2)cc1.c1ccc(Cc2ccc(Cc3ccccc3)cc2)cc1. The zero-order valence-electron chi connectivity index (χ0n) is 70.1. The fourth-order valence-corrected chi connectivity index (χ4v) is 8.83. The van der Waals surface area contributed by atoms with Crippen LogP contribution in [0.3, 0.4) is 0 Å². The van der Waals surface area contributed by atoms with Crippen molar-refractivity contribution < 1.29 is 216 Å². The Kier molecular flexibility index (Phi) is 101. The molecule has 0 saturated heterocycles. The quantitative estimate of drug-likeness (QED) is 0.0464. The average molecular weight is 2000 g/mol. The molecule has 0 unspecified atom stereocenters. The van der Waals surface area contributed by atoms with Gasteiger partial charge in [0.2, 0.25) is 0 Å². The molecule has 0 saturated carbocycles. The van der Waals surface area contributed by atoms with E-state index >= 15 is 0 Å². The second kappa shape index (κ2) is 93.1. The van der Waals surface area contributed by atoms with Crippen LogP contribution in [-0.2, 0) is 230 Å². The summed E-state index contributed by atoms with van der Waals surface area (Å²) in [6.45, 7) is 0. The fraction of sp³-hybridized carbons (Fsp3) is 0.125. The second-order valence-corrected chi connectivity index (χ2v) is 21.3. The van der Waals surface area contributed by atoms with E-state index in [0.29, 0.717) is 28.7 Å². The second-order valence-electron chi connectivity index (χ2n) is 21.3. The molecule has 611 valence electrons. The molecule has 0 aliphatic heterocycles. The van der Waals surface area contributed by atoms with E-state index in [1.165, 1.54) is 125 Å². The molecule has 0 N–H and O–H groups in total. The van der Waals surface area contributed by atoms with Crippen molar-refractivity contribution in [3.63, 3.8) is 0 Å². The number of nitrogens with zero attached hydrogens (tertiary/aromatic N) is 9. The molecule has 5 radical (unpaired) electrons. The van der Waals surface area contributed by atoms with E-state index in [1.54, 1.807) is 55.2 Å². The molecule has 121 heavy (non-hydrogen) atoms. The van der Waals surface area contributed by atoms with Gasteiger partial charge in [-0.1, -0.05) is 249 Å². The van der Waals surface area contributed by atoms with Crippen LogP contribution in [0.25, 0.3) is 0 Å². The van der Waals surface area contributed by atoms with Gasteiger partial charge >= 0.3 is 0 Å². The molecule has 0 bridgehead atoms. The molecule has 0 aliphatic rings. The average Bonchev–Trinajstić information content (AvgIpc) is 0.897. The number of hydrogen-bond acceptors (Lipinski definition) is 20. The molecule has 0 heterocycles. The fourth-order valence-electron chi connectivity index (χ4n) is 8.83. The van der Waals surface area contributed by atoms with Crippen molar-refractivity contribution in [1.82, 2.24) is 0 Å². The van der Waals surface area contributed by atoms with Gasteiger partial charge in [-0.25, -0.2) is 0 Å². The standard InChI is InChI=1S/2C20H18.2C16H11NO2.C7H5NO.6C2H3NO.5CH3.5Y/c2*1-3-7-17(8-4-1)15-19-11-13-20(14-12-19)16-18-9-5-2-6-10-18;2*1-2-18-15-7-3-13(4-8-15)11-14-5-9-16(10-6-14)19-12-17;8-6-9-7-4-2-1-3-5-7;6*1-4-2-3;;;;;;;;;;/h2*1-14H,15-16H2;2*1,3-10H,11H2;1-5H;6*1H3;5*1H3;;;;;/q;;;;;;;;;;;5*-1;;;;;. The van der Waals surface area contributed by atoms with Gasteiger partial charge in [0.05, 0.1) is 42.7 Å². The Labute approximate surface area is 845 Å². The van der Waals surface area contributed by atoms with Crippen molar-refractivity contribution in [1.29, 1.82) is 47.4 Å². The molecule has 11 rings (SSSR count). The van der Waals surface area contributed by atoms with Crippen LogP contribution in [-0.4, -0.2) is 42.7 Å². The van der Waals surface area contributed by atoms with Crippen LogP contribution in [0.15, 0.2) is 297 Å². The van der Waals surface area contributed by atoms with E-state index in [4.69, 9.17) is 79.2 Å². The van der Waals surface area contributed by atoms with E-state index in [1.807, 2.05) is 91.0 Å². The van der Waals surface area contributed by atoms with Gasteiger partial charge in [0.1, 0.15) is 41.0 Å². The van der Waals surface area contributed by atoms with Crippen LogP contribution in [0.1, 0.15) is 66.8 Å². The maximum absolute atomic E-state index is 8.40. The third kappa shape index (κ3) is 69.7. The van der Waals surface area contributed by atoms with E-state index in [2.05, 4.69) is 215 Å². The predicted molar refractivity (Wildman–Crippen MR) is 453 cm³/mol. The number of ether oxygens (including phenoxy) is 11. The molecule has 0 amide bonds. The van der Waals surface area contributed by atoms with Crippen molar-refractivity contribution in [2.24, 2.45) is 0 Å². The van der Waals surface area contributed by atoms with Crippen LogP contribution < -0.4 is 23.7 Å². The van der Waals surface area contributed by atoms with Crippen LogP contribution in [0.5, 0.6) is 28.7 Å². The number of terminal acetylenes is 2. The maximum atomic E-state index is 8.40. The van der Waals surface area contributed by atoms with Crippen molar-refractivity contribution >= 4 is 0 Å². The number of methoxy groups -OCH3 is 6. The Morgan fingerprint density at radius 2 is 0.298 bits per heavy atom. The van der Waals surface area contributed by atoms with Crippen molar-refractivity contribution in [2.45, 2.75) is 38.5 Å². The minimum Gasteiger partial charge on any atom is -0.431 e. The summed E-state index contributed by atoms with van der Waals surface area (Å²) in [6, 6.07) is 99.3. The van der Waals surface area contributed by atoms with E-state index < -0.39 is 0 Å². The molecule has 25 heteroatoms. The van der Waals surface area contributed by atoms with Gasteiger partial charge in [-0.15, -0.1) is 15.8 Å². The van der Waals surface area contributed by atoms with Gasteiger partial charge in [-0.2, -0.15) is 31.6 Å². The van der Waals surface area contributed by atoms with E-state index in [-0.39, 0.29) is 201 Å². The molecule has 0 atom stereocenters. The number of para-hydroxylation sites is 1. The maximum Gasteiger partial charge on any atom is 0.292 e. The topological polar surface area (TPSA) is 316 Å². The predicted octanol–water partition coefficient (Wildman–Crippen LogP) is 20.4. The van der Waals surface area contributed by atoms with Gasteiger partial charge in [-0.3, -0.25) is 0 Å². The molecule has 0 spiro atoms. The van der Waals surface area contributed by atoms with Crippen LogP contribution in [0.4, 0.5) is 0 Å². The largest absolute Gasteiger partial charge is 0.431 e. The summed E-state index contributed by atoms with van der Waals surface area (Å²) >= 11 is 0. The third-order valence-electron chi connectivity index (χ3n) is 13.7. The number of benzene rings is 11. The number of rotatable bonds is 17. The summed E-state index contributed by atoms with van der Waals surface area (Å²) in [6.07, 6.45) is 33.4. The van der Waals surface area contributed by atoms with Crippen molar-refractivity contribution in [3.05, 3.63) is 401 Å². The van der Waals surface area contributed by atoms with Crippen molar-refractivity contribution in [3.8, 4) is 110 Å². The minimum absolute atomic E-state index is 0. The number of hydrogen-bond donors (Lipinski definition) is 0. The Morgan fingerprint density at radius 3 is 0.430 bits per heavy atom. The van der Waals surface area contributed by atoms with Gasteiger partial charge in [0.25, 0.3) is 56.3 Å². The third-order valence-corrected chi connectivity index (χ3v) is 13.7. The van der Waals surface area contributed by atoms with Gasteiger partial charge in [0, 0.05) is 164 Å². The van der Waals surface area contributed by atoms with Crippen LogP contribution >= 0.6 is 0 Å². The molecular weight excluding hydrogens is 1900 g/mol. The first-order valence-corrected chi connectivity index (χ1v) is 33.0. The summed E-state index contributed by atoms with van der Waals surface area (Å²) < 4.78 is 46.9. The van der Waals surface area contributed by atoms with Crippen LogP contribution in [0.2, 0.25) is 0 Å². The van der Waals surface area contributed by atoms with Crippen LogP contribution in [0, 0.1) is 166 Å². The molecule has 0 aromatic heterocycles. The van der Waals surface area contributed by atoms with E-state index in [0.717, 1.165) is 60.8 Å². The molecule has 11 aromatic carbocycles.